The number of hydrogen-bond acceptors (Lipinski definition) is 4. The molecule has 2 fully saturated rings. The lowest BCUT2D eigenvalue weighted by atomic mass is 10.0. The van der Waals surface area contributed by atoms with Crippen molar-refractivity contribution >= 4 is 12.1 Å². The molecule has 0 spiro atoms. The van der Waals surface area contributed by atoms with E-state index in [0.29, 0.717) is 5.92 Å². The van der Waals surface area contributed by atoms with Crippen molar-refractivity contribution in [2.24, 2.45) is 10.9 Å². The molecule has 1 aromatic rings. The van der Waals surface area contributed by atoms with Crippen LogP contribution in [0.25, 0.3) is 0 Å². The number of likely N-dealkylation sites (tertiary alicyclic amines) is 1. The van der Waals surface area contributed by atoms with Crippen LogP contribution in [-0.2, 0) is 11.3 Å². The number of nitrogens with zero attached hydrogens (tertiary/aromatic N) is 5. The Hall–Kier alpha value is -2.25. The predicted octanol–water partition coefficient (Wildman–Crippen LogP) is 3.66. The van der Waals surface area contributed by atoms with Crippen molar-refractivity contribution < 1.29 is 9.53 Å². The molecular weight excluding hydrogens is 404 g/mol. The average Bonchev–Trinajstić information content (AvgIpc) is 3.46. The average molecular weight is 447 g/mol. The normalized spacial score (nSPS) is 18.0. The summed E-state index contributed by atoms with van der Waals surface area (Å²) in [5.41, 5.74) is 0.728. The Kier molecular flexibility index (Phi) is 8.43. The first-order valence-electron chi connectivity index (χ1n) is 12.3. The number of nitrogens with one attached hydrogen (secondary N) is 1. The molecule has 1 amide bonds. The molecule has 2 aliphatic rings. The van der Waals surface area contributed by atoms with Gasteiger partial charge >= 0.3 is 6.09 Å². The van der Waals surface area contributed by atoms with E-state index in [0.717, 1.165) is 64.5 Å². The summed E-state index contributed by atoms with van der Waals surface area (Å²) in [6, 6.07) is 0.243. The van der Waals surface area contributed by atoms with E-state index in [1.165, 1.54) is 18.4 Å². The quantitative estimate of drug-likeness (QED) is 0.375. The van der Waals surface area contributed by atoms with Gasteiger partial charge in [0.05, 0.1) is 6.20 Å². The number of guanidine groups is 1. The lowest BCUT2D eigenvalue weighted by Crippen LogP contribution is -2.52. The zero-order valence-corrected chi connectivity index (χ0v) is 20.6. The Labute approximate surface area is 193 Å². The fraction of sp³-hybridized carbons (Fsp3) is 0.792. The van der Waals surface area contributed by atoms with Gasteiger partial charge in [-0.25, -0.2) is 4.79 Å². The molecule has 0 radical (unpaired) electrons. The van der Waals surface area contributed by atoms with E-state index in [2.05, 4.69) is 35.4 Å². The maximum atomic E-state index is 12.9. The molecule has 0 aromatic carbocycles. The summed E-state index contributed by atoms with van der Waals surface area (Å²) < 4.78 is 7.71. The molecule has 8 nitrogen and oxygen atoms in total. The zero-order valence-electron chi connectivity index (χ0n) is 20.6. The van der Waals surface area contributed by atoms with Crippen molar-refractivity contribution in [2.75, 3.05) is 32.7 Å². The van der Waals surface area contributed by atoms with E-state index in [9.17, 15) is 4.79 Å². The van der Waals surface area contributed by atoms with Crippen LogP contribution >= 0.6 is 0 Å². The number of aryl methyl sites for hydroxylation is 2. The minimum atomic E-state index is -0.459. The predicted molar refractivity (Wildman–Crippen MR) is 128 cm³/mol. The van der Waals surface area contributed by atoms with Crippen LogP contribution in [0.2, 0.25) is 0 Å². The number of carbonyl (C=O) groups is 1. The van der Waals surface area contributed by atoms with Gasteiger partial charge < -0.3 is 19.9 Å². The molecule has 1 saturated carbocycles. The molecule has 32 heavy (non-hydrogen) atoms. The van der Waals surface area contributed by atoms with Crippen molar-refractivity contribution in [3.63, 3.8) is 0 Å². The molecule has 180 valence electrons. The maximum absolute atomic E-state index is 12.9. The molecule has 0 unspecified atom stereocenters. The SMILES string of the molecule is CCNC(=NCCCn1cc(C)cn1)N1CCC(N(CC2CC2)C(=O)OC(C)(C)C)CC1. The third-order valence-electron chi connectivity index (χ3n) is 5.89. The van der Waals surface area contributed by atoms with E-state index in [1.807, 2.05) is 36.5 Å². The van der Waals surface area contributed by atoms with Gasteiger partial charge in [0.1, 0.15) is 5.60 Å². The third-order valence-corrected chi connectivity index (χ3v) is 5.89. The number of aliphatic imine (C=N–C) groups is 1. The highest BCUT2D eigenvalue weighted by molar-refractivity contribution is 5.80. The molecule has 1 aliphatic carbocycles. The van der Waals surface area contributed by atoms with Crippen LogP contribution < -0.4 is 5.32 Å². The number of carbonyl (C=O) groups excluding carboxylic acids is 1. The van der Waals surface area contributed by atoms with Gasteiger partial charge in [-0.3, -0.25) is 9.67 Å². The highest BCUT2D eigenvalue weighted by atomic mass is 16.6. The van der Waals surface area contributed by atoms with E-state index in [4.69, 9.17) is 9.73 Å². The molecule has 1 aliphatic heterocycles. The Morgan fingerprint density at radius 2 is 2.00 bits per heavy atom. The van der Waals surface area contributed by atoms with Gasteiger partial charge in [-0.1, -0.05) is 0 Å². The number of aromatic nitrogens is 2. The van der Waals surface area contributed by atoms with E-state index in [1.54, 1.807) is 0 Å². The van der Waals surface area contributed by atoms with Crippen LogP contribution in [0.4, 0.5) is 4.79 Å². The molecular formula is C24H42N6O2. The summed E-state index contributed by atoms with van der Waals surface area (Å²) in [6.45, 7) is 15.1. The number of hydrogen-bond donors (Lipinski definition) is 1. The van der Waals surface area contributed by atoms with Crippen molar-refractivity contribution in [1.82, 2.24) is 24.9 Å². The van der Waals surface area contributed by atoms with Crippen molar-refractivity contribution in [2.45, 2.75) is 84.9 Å². The number of amides is 1. The molecule has 0 bridgehead atoms. The summed E-state index contributed by atoms with van der Waals surface area (Å²) in [4.78, 5) is 22.1. The minimum absolute atomic E-state index is 0.155. The second-order valence-corrected chi connectivity index (χ2v) is 10.2. The fourth-order valence-electron chi connectivity index (χ4n) is 4.09. The van der Waals surface area contributed by atoms with E-state index < -0.39 is 5.60 Å². The Morgan fingerprint density at radius 1 is 1.28 bits per heavy atom. The summed E-state index contributed by atoms with van der Waals surface area (Å²) in [6.07, 6.45) is 9.11. The van der Waals surface area contributed by atoms with E-state index >= 15 is 0 Å². The van der Waals surface area contributed by atoms with Crippen LogP contribution in [0.15, 0.2) is 17.4 Å². The van der Waals surface area contributed by atoms with Gasteiger partial charge in [0.2, 0.25) is 0 Å². The van der Waals surface area contributed by atoms with Gasteiger partial charge in [-0.2, -0.15) is 5.10 Å². The lowest BCUT2D eigenvalue weighted by molar-refractivity contribution is 0.00928. The monoisotopic (exact) mass is 446 g/mol. The Bertz CT molecular complexity index is 757. The van der Waals surface area contributed by atoms with Crippen molar-refractivity contribution in [3.05, 3.63) is 18.0 Å². The standard InChI is InChI=1S/C24H42N6O2/c1-6-25-22(26-12-7-13-29-17-19(2)16-27-29)28-14-10-21(11-15-28)30(18-20-8-9-20)23(31)32-24(3,4)5/h16-17,20-21H,6-15,18H2,1-5H3,(H,25,26). The van der Waals surface area contributed by atoms with Crippen LogP contribution in [0.5, 0.6) is 0 Å². The maximum Gasteiger partial charge on any atom is 0.410 e. The van der Waals surface area contributed by atoms with Crippen molar-refractivity contribution in [3.8, 4) is 0 Å². The molecule has 2 heterocycles. The second kappa shape index (κ2) is 11.1. The topological polar surface area (TPSA) is 75.0 Å². The highest BCUT2D eigenvalue weighted by Crippen LogP contribution is 2.32. The number of piperidine rings is 1. The summed E-state index contributed by atoms with van der Waals surface area (Å²) in [7, 11) is 0. The molecule has 0 atom stereocenters. The lowest BCUT2D eigenvalue weighted by Gasteiger charge is -2.40. The first-order chi connectivity index (χ1) is 15.2. The Morgan fingerprint density at radius 3 is 2.56 bits per heavy atom. The first-order valence-corrected chi connectivity index (χ1v) is 12.3. The molecule has 1 aromatic heterocycles. The molecule has 3 rings (SSSR count). The molecule has 1 saturated heterocycles. The summed E-state index contributed by atoms with van der Waals surface area (Å²) >= 11 is 0. The minimum Gasteiger partial charge on any atom is -0.444 e. The van der Waals surface area contributed by atoms with Crippen LogP contribution in [-0.4, -0.2) is 76.0 Å². The second-order valence-electron chi connectivity index (χ2n) is 10.2. The zero-order chi connectivity index (χ0) is 23.1. The highest BCUT2D eigenvalue weighted by Gasteiger charge is 2.35. The Balaban J connectivity index is 1.52. The fourth-order valence-corrected chi connectivity index (χ4v) is 4.09. The largest absolute Gasteiger partial charge is 0.444 e. The number of ether oxygens (including phenoxy) is 1. The van der Waals surface area contributed by atoms with Gasteiger partial charge in [0.25, 0.3) is 0 Å². The third kappa shape index (κ3) is 7.71. The first kappa shape index (κ1) is 24.4. The smallest absolute Gasteiger partial charge is 0.410 e. The summed E-state index contributed by atoms with van der Waals surface area (Å²) in [5, 5.41) is 7.79. The number of rotatable bonds is 8. The van der Waals surface area contributed by atoms with Gasteiger partial charge in [0, 0.05) is 51.5 Å². The van der Waals surface area contributed by atoms with Crippen molar-refractivity contribution in [1.29, 1.82) is 0 Å². The van der Waals surface area contributed by atoms with E-state index in [-0.39, 0.29) is 12.1 Å². The molecule has 8 heteroatoms. The summed E-state index contributed by atoms with van der Waals surface area (Å²) in [5.74, 6) is 1.63. The molecule has 1 N–H and O–H groups in total. The van der Waals surface area contributed by atoms with Crippen LogP contribution in [0.1, 0.15) is 65.4 Å². The van der Waals surface area contributed by atoms with Gasteiger partial charge in [-0.15, -0.1) is 0 Å². The van der Waals surface area contributed by atoms with Crippen LogP contribution in [0, 0.1) is 12.8 Å². The van der Waals surface area contributed by atoms with Gasteiger partial charge in [0.15, 0.2) is 5.96 Å². The van der Waals surface area contributed by atoms with Crippen LogP contribution in [0.3, 0.4) is 0 Å². The van der Waals surface area contributed by atoms with Gasteiger partial charge in [-0.05, 0) is 78.2 Å².